The molecule has 0 saturated heterocycles. The van der Waals surface area contributed by atoms with E-state index in [2.05, 4.69) is 62.3 Å². The highest BCUT2D eigenvalue weighted by Crippen LogP contribution is 2.42. The quantitative estimate of drug-likeness (QED) is 0.0449. The van der Waals surface area contributed by atoms with Crippen LogP contribution in [0.1, 0.15) is 448 Å². The zero-order valence-corrected chi connectivity index (χ0v) is 55.9. The van der Waals surface area contributed by atoms with Gasteiger partial charge in [-0.2, -0.15) is 0 Å². The summed E-state index contributed by atoms with van der Waals surface area (Å²) < 4.78 is 25.3. The first kappa shape index (κ1) is 76.4. The van der Waals surface area contributed by atoms with E-state index >= 15 is 0 Å². The fourth-order valence-electron chi connectivity index (χ4n) is 12.9. The van der Waals surface area contributed by atoms with Crippen LogP contribution in [-0.4, -0.2) is 32.0 Å². The Kier molecular flexibility index (Phi) is 58.9. The van der Waals surface area contributed by atoms with Crippen molar-refractivity contribution in [2.24, 2.45) is 0 Å². The fourth-order valence-corrected chi connectivity index (χ4v) is 15.3. The summed E-state index contributed by atoms with van der Waals surface area (Å²) in [5, 5.41) is 0. The highest BCUT2D eigenvalue weighted by Gasteiger charge is 2.51. The van der Waals surface area contributed by atoms with E-state index in [1.165, 1.54) is 385 Å². The molecule has 0 aromatic carbocycles. The second-order valence-corrected chi connectivity index (χ2v) is 27.1. The maximum atomic E-state index is 8.43. The Balaban J connectivity index is 8.15. The zero-order chi connectivity index (χ0) is 55.6. The molecular formula is C72H147AlO3. The molecule has 0 heterocycles. The molecule has 0 saturated carbocycles. The summed E-state index contributed by atoms with van der Waals surface area (Å²) in [6.07, 6.45) is 79.5. The van der Waals surface area contributed by atoms with Crippen LogP contribution in [0.4, 0.5) is 0 Å². The van der Waals surface area contributed by atoms with Crippen molar-refractivity contribution < 1.29 is 11.4 Å². The van der Waals surface area contributed by atoms with Gasteiger partial charge in [0.25, 0.3) is 0 Å². The third-order valence-electron chi connectivity index (χ3n) is 18.2. The van der Waals surface area contributed by atoms with Crippen molar-refractivity contribution in [2.45, 2.75) is 464 Å². The smallest absolute Gasteiger partial charge is 0.449 e. The normalized spacial score (nSPS) is 12.4. The van der Waals surface area contributed by atoms with E-state index < -0.39 is 15.1 Å². The van der Waals surface area contributed by atoms with Gasteiger partial charge in [-0.25, -0.2) is 0 Å². The minimum Gasteiger partial charge on any atom is -0.449 e. The Hall–Kier alpha value is 0.412. The van der Waals surface area contributed by atoms with Gasteiger partial charge in [-0.15, -0.1) is 0 Å². The SMILES string of the molecule is CCCCCCCCC(CCCCCCC)(CCCCCCCC)[O][Al]([O]C(CCCCCCC)(CCCCCCCC)CCCCCCCC)[O]C(CCCCCCC)(CCCCCCCC)CCCCCCCC. The fraction of sp³-hybridized carbons (Fsp3) is 1.00. The summed E-state index contributed by atoms with van der Waals surface area (Å²) in [6, 6.07) is 0. The minimum absolute atomic E-state index is 0.140. The lowest BCUT2D eigenvalue weighted by molar-refractivity contribution is -0.113. The molecule has 0 unspecified atom stereocenters. The van der Waals surface area contributed by atoms with Crippen LogP contribution in [0.25, 0.3) is 0 Å². The minimum atomic E-state index is -2.72. The average molecular weight is 1090 g/mol. The van der Waals surface area contributed by atoms with Crippen LogP contribution in [0.3, 0.4) is 0 Å². The third-order valence-corrected chi connectivity index (χ3v) is 20.2. The van der Waals surface area contributed by atoms with Crippen LogP contribution >= 0.6 is 0 Å². The second kappa shape index (κ2) is 58.6. The molecule has 0 aliphatic rings. The number of rotatable bonds is 66. The molecule has 0 atom stereocenters. The Morgan fingerprint density at radius 3 is 0.382 bits per heavy atom. The summed E-state index contributed by atoms with van der Waals surface area (Å²) in [7, 11) is 0. The maximum Gasteiger partial charge on any atom is 0.906 e. The van der Waals surface area contributed by atoms with E-state index in [1.54, 1.807) is 0 Å². The van der Waals surface area contributed by atoms with Crippen molar-refractivity contribution in [1.29, 1.82) is 0 Å². The highest BCUT2D eigenvalue weighted by molar-refractivity contribution is 6.37. The maximum absolute atomic E-state index is 8.43. The summed E-state index contributed by atoms with van der Waals surface area (Å²) >= 11 is -2.72. The number of hydrogen-bond acceptors (Lipinski definition) is 3. The first-order valence-corrected chi connectivity index (χ1v) is 37.8. The molecule has 0 aliphatic heterocycles. The van der Waals surface area contributed by atoms with Crippen LogP contribution in [0.15, 0.2) is 0 Å². The van der Waals surface area contributed by atoms with Crippen molar-refractivity contribution >= 4 is 15.1 Å². The van der Waals surface area contributed by atoms with Crippen molar-refractivity contribution in [3.63, 3.8) is 0 Å². The van der Waals surface area contributed by atoms with Crippen LogP contribution in [-0.2, 0) is 11.4 Å². The van der Waals surface area contributed by atoms with Gasteiger partial charge in [0.05, 0.1) is 0 Å². The highest BCUT2D eigenvalue weighted by atomic mass is 27.3. The lowest BCUT2D eigenvalue weighted by Gasteiger charge is -2.45. The topological polar surface area (TPSA) is 27.7 Å². The third kappa shape index (κ3) is 46.0. The molecule has 0 fully saturated rings. The van der Waals surface area contributed by atoms with E-state index in [4.69, 9.17) is 11.4 Å². The predicted molar refractivity (Wildman–Crippen MR) is 345 cm³/mol. The largest absolute Gasteiger partial charge is 0.906 e. The molecule has 0 aliphatic carbocycles. The average Bonchev–Trinajstić information content (AvgIpc) is 3.42. The van der Waals surface area contributed by atoms with Gasteiger partial charge in [0.2, 0.25) is 0 Å². The van der Waals surface area contributed by atoms with E-state index in [-0.39, 0.29) is 16.8 Å². The van der Waals surface area contributed by atoms with Crippen LogP contribution in [0.5, 0.6) is 0 Å². The second-order valence-electron chi connectivity index (χ2n) is 25.8. The molecule has 456 valence electrons. The van der Waals surface area contributed by atoms with E-state index in [9.17, 15) is 0 Å². The molecule has 4 heteroatoms. The molecule has 0 rings (SSSR count). The van der Waals surface area contributed by atoms with E-state index in [1.807, 2.05) is 0 Å². The monoisotopic (exact) mass is 1090 g/mol. The zero-order valence-electron chi connectivity index (χ0n) is 54.7. The van der Waals surface area contributed by atoms with E-state index in [0.717, 1.165) is 0 Å². The first-order valence-electron chi connectivity index (χ1n) is 36.4. The van der Waals surface area contributed by atoms with Gasteiger partial charge < -0.3 is 11.4 Å². The number of hydrogen-bond donors (Lipinski definition) is 0. The molecule has 76 heavy (non-hydrogen) atoms. The van der Waals surface area contributed by atoms with Crippen LogP contribution in [0, 0.1) is 0 Å². The molecule has 0 spiro atoms. The molecule has 0 amide bonds. The van der Waals surface area contributed by atoms with Crippen molar-refractivity contribution in [3.05, 3.63) is 0 Å². The Bertz CT molecular complexity index is 913. The predicted octanol–water partition coefficient (Wildman–Crippen LogP) is 26.8. The van der Waals surface area contributed by atoms with Crippen molar-refractivity contribution in [1.82, 2.24) is 0 Å². The van der Waals surface area contributed by atoms with E-state index in [0.29, 0.717) is 0 Å². The number of unbranched alkanes of at least 4 members (excludes halogenated alkanes) is 42. The van der Waals surface area contributed by atoms with Crippen molar-refractivity contribution in [2.75, 3.05) is 0 Å². The van der Waals surface area contributed by atoms with Gasteiger partial charge in [-0.05, 0) is 57.8 Å². The first-order chi connectivity index (χ1) is 37.3. The molecule has 0 radical (unpaired) electrons. The van der Waals surface area contributed by atoms with Gasteiger partial charge in [-0.3, -0.25) is 0 Å². The lowest BCUT2D eigenvalue weighted by atomic mass is 9.85. The summed E-state index contributed by atoms with van der Waals surface area (Å²) in [5.41, 5.74) is -0.420. The molecule has 0 N–H and O–H groups in total. The van der Waals surface area contributed by atoms with Gasteiger partial charge in [-0.1, -0.05) is 390 Å². The van der Waals surface area contributed by atoms with Crippen molar-refractivity contribution in [3.8, 4) is 0 Å². The Morgan fingerprint density at radius 2 is 0.263 bits per heavy atom. The summed E-state index contributed by atoms with van der Waals surface area (Å²) in [6.45, 7) is 21.4. The van der Waals surface area contributed by atoms with Crippen LogP contribution in [0.2, 0.25) is 0 Å². The Morgan fingerprint density at radius 1 is 0.158 bits per heavy atom. The van der Waals surface area contributed by atoms with Gasteiger partial charge in [0.15, 0.2) is 0 Å². The van der Waals surface area contributed by atoms with Crippen LogP contribution < -0.4 is 0 Å². The van der Waals surface area contributed by atoms with Gasteiger partial charge >= 0.3 is 15.1 Å². The molecule has 0 aromatic rings. The molecule has 0 aromatic heterocycles. The lowest BCUT2D eigenvalue weighted by Crippen LogP contribution is -2.52. The van der Waals surface area contributed by atoms with Gasteiger partial charge in [0, 0.05) is 16.8 Å². The molecule has 3 nitrogen and oxygen atoms in total. The summed E-state index contributed by atoms with van der Waals surface area (Å²) in [5.74, 6) is 0. The summed E-state index contributed by atoms with van der Waals surface area (Å²) in [4.78, 5) is 0. The Labute approximate surface area is 488 Å². The standard InChI is InChI=1S/3C24H49O.Al/c3*1-4-7-10-13-16-19-22-24(25,21-18-15-12-9-6-3)23-20-17-14-11-8-5-2;/h3*4-23H2,1-3H3;/q3*-1;+3. The molecular weight excluding hydrogens is 940 g/mol. The molecule has 0 bridgehead atoms. The van der Waals surface area contributed by atoms with Gasteiger partial charge in [0.1, 0.15) is 0 Å².